The Balaban J connectivity index is 1.78. The van der Waals surface area contributed by atoms with Crippen molar-refractivity contribution in [2.75, 3.05) is 13.6 Å². The van der Waals surface area contributed by atoms with Crippen LogP contribution < -0.4 is 4.74 Å². The highest BCUT2D eigenvalue weighted by atomic mass is 16.6. The van der Waals surface area contributed by atoms with Crippen molar-refractivity contribution in [2.24, 2.45) is 5.92 Å². The number of benzene rings is 1. The molecular formula is C18H19NO4. The predicted octanol–water partition coefficient (Wildman–Crippen LogP) is 1.38. The van der Waals surface area contributed by atoms with Crippen LogP contribution in [0, 0.1) is 5.92 Å². The van der Waals surface area contributed by atoms with Crippen molar-refractivity contribution in [3.8, 4) is 11.5 Å². The topological polar surface area (TPSA) is 59.0 Å². The number of likely N-dealkylation sites (tertiary alicyclic amines) is 1. The summed E-state index contributed by atoms with van der Waals surface area (Å²) in [5.74, 6) is 1.12. The van der Waals surface area contributed by atoms with Crippen molar-refractivity contribution in [1.29, 1.82) is 0 Å². The molecule has 2 heterocycles. The standard InChI is InChI=1S/C18H19NO4/c1-19-7-6-18-11-3-5-14(22-9-20)17(18)23-16-13(21)4-2-10(15(16)18)8-12(11)19/h2-5,9,11-12,14,17,21H,6-8H2,1H3. The number of phenolic OH excluding ortho intramolecular Hbond substituents is 1. The maximum atomic E-state index is 10.9. The third kappa shape index (κ3) is 1.44. The van der Waals surface area contributed by atoms with E-state index < -0.39 is 6.10 Å². The van der Waals surface area contributed by atoms with Crippen LogP contribution >= 0.6 is 0 Å². The molecule has 2 aliphatic carbocycles. The number of carbonyl (C=O) groups excluding carboxylic acids is 1. The summed E-state index contributed by atoms with van der Waals surface area (Å²) in [6.07, 6.45) is 5.43. The fourth-order valence-corrected chi connectivity index (χ4v) is 5.40. The lowest BCUT2D eigenvalue weighted by molar-refractivity contribution is -0.139. The zero-order valence-corrected chi connectivity index (χ0v) is 12.9. The second-order valence-corrected chi connectivity index (χ2v) is 7.14. The molecule has 4 aliphatic rings. The summed E-state index contributed by atoms with van der Waals surface area (Å²) in [6.45, 7) is 1.48. The van der Waals surface area contributed by atoms with Gasteiger partial charge in [-0.1, -0.05) is 12.1 Å². The average Bonchev–Trinajstić information content (AvgIpc) is 2.90. The molecule has 5 rings (SSSR count). The number of hydrogen-bond acceptors (Lipinski definition) is 5. The molecule has 0 amide bonds. The van der Waals surface area contributed by atoms with E-state index in [-0.39, 0.29) is 17.3 Å². The largest absolute Gasteiger partial charge is 0.504 e. The van der Waals surface area contributed by atoms with Gasteiger partial charge < -0.3 is 19.5 Å². The maximum absolute atomic E-state index is 10.9. The number of hydrogen-bond donors (Lipinski definition) is 1. The molecule has 1 aromatic carbocycles. The Morgan fingerprint density at radius 1 is 1.43 bits per heavy atom. The van der Waals surface area contributed by atoms with Gasteiger partial charge in [-0.3, -0.25) is 4.79 Å². The molecular weight excluding hydrogens is 294 g/mol. The Bertz CT molecular complexity index is 730. The van der Waals surface area contributed by atoms with Crippen LogP contribution in [0.15, 0.2) is 24.3 Å². The highest BCUT2D eigenvalue weighted by Gasteiger charge is 2.64. The van der Waals surface area contributed by atoms with Gasteiger partial charge in [-0.2, -0.15) is 0 Å². The van der Waals surface area contributed by atoms with Crippen LogP contribution in [0.25, 0.3) is 0 Å². The zero-order chi connectivity index (χ0) is 15.8. The van der Waals surface area contributed by atoms with E-state index in [1.807, 2.05) is 12.1 Å². The third-order valence-corrected chi connectivity index (χ3v) is 6.34. The fourth-order valence-electron chi connectivity index (χ4n) is 5.40. The minimum atomic E-state index is -0.398. The van der Waals surface area contributed by atoms with Gasteiger partial charge in [0, 0.05) is 22.9 Å². The average molecular weight is 313 g/mol. The number of carbonyl (C=O) groups is 1. The first kappa shape index (κ1) is 13.4. The van der Waals surface area contributed by atoms with Crippen molar-refractivity contribution < 1.29 is 19.4 Å². The molecule has 5 nitrogen and oxygen atoms in total. The van der Waals surface area contributed by atoms with Gasteiger partial charge in [-0.15, -0.1) is 0 Å². The molecule has 5 atom stereocenters. The lowest BCUT2D eigenvalue weighted by atomic mass is 9.53. The van der Waals surface area contributed by atoms with Crippen LogP contribution in [0.3, 0.4) is 0 Å². The van der Waals surface area contributed by atoms with E-state index >= 15 is 0 Å². The van der Waals surface area contributed by atoms with Gasteiger partial charge in [0.15, 0.2) is 17.6 Å². The second kappa shape index (κ2) is 4.29. The van der Waals surface area contributed by atoms with E-state index in [1.165, 1.54) is 5.56 Å². The number of ether oxygens (including phenoxy) is 2. The molecule has 5 heteroatoms. The van der Waals surface area contributed by atoms with E-state index in [2.05, 4.69) is 18.0 Å². The summed E-state index contributed by atoms with van der Waals surface area (Å²) >= 11 is 0. The van der Waals surface area contributed by atoms with Crippen LogP contribution in [0.4, 0.5) is 0 Å². The number of likely N-dealkylation sites (N-methyl/N-ethyl adjacent to an activating group) is 1. The van der Waals surface area contributed by atoms with Crippen LogP contribution in [0.2, 0.25) is 0 Å². The molecule has 0 aromatic heterocycles. The number of phenols is 1. The van der Waals surface area contributed by atoms with Crippen LogP contribution in [0.5, 0.6) is 11.5 Å². The van der Waals surface area contributed by atoms with Crippen LogP contribution in [-0.2, 0) is 21.4 Å². The van der Waals surface area contributed by atoms with E-state index in [9.17, 15) is 9.90 Å². The zero-order valence-electron chi connectivity index (χ0n) is 12.9. The van der Waals surface area contributed by atoms with Crippen molar-refractivity contribution in [3.05, 3.63) is 35.4 Å². The molecule has 1 fully saturated rings. The van der Waals surface area contributed by atoms with E-state index in [0.717, 1.165) is 24.9 Å². The monoisotopic (exact) mass is 313 g/mol. The molecule has 0 radical (unpaired) electrons. The predicted molar refractivity (Wildman–Crippen MR) is 82.5 cm³/mol. The fraction of sp³-hybridized carbons (Fsp3) is 0.500. The molecule has 1 aromatic rings. The second-order valence-electron chi connectivity index (χ2n) is 7.14. The summed E-state index contributed by atoms with van der Waals surface area (Å²) < 4.78 is 11.5. The minimum absolute atomic E-state index is 0.188. The molecule has 23 heavy (non-hydrogen) atoms. The minimum Gasteiger partial charge on any atom is -0.504 e. The van der Waals surface area contributed by atoms with Crippen LogP contribution in [0.1, 0.15) is 17.5 Å². The lowest BCUT2D eigenvalue weighted by Gasteiger charge is -2.56. The van der Waals surface area contributed by atoms with Crippen molar-refractivity contribution in [3.63, 3.8) is 0 Å². The van der Waals surface area contributed by atoms with Crippen molar-refractivity contribution in [1.82, 2.24) is 4.90 Å². The third-order valence-electron chi connectivity index (χ3n) is 6.34. The van der Waals surface area contributed by atoms with E-state index in [1.54, 1.807) is 6.07 Å². The van der Waals surface area contributed by atoms with Gasteiger partial charge in [-0.05, 0) is 44.1 Å². The summed E-state index contributed by atoms with van der Waals surface area (Å²) in [5, 5.41) is 10.3. The molecule has 1 saturated heterocycles. The molecule has 120 valence electrons. The molecule has 2 bridgehead atoms. The Morgan fingerprint density at radius 2 is 2.30 bits per heavy atom. The number of rotatable bonds is 2. The van der Waals surface area contributed by atoms with Gasteiger partial charge in [0.25, 0.3) is 6.47 Å². The molecule has 5 unspecified atom stereocenters. The smallest absolute Gasteiger partial charge is 0.293 e. The van der Waals surface area contributed by atoms with Gasteiger partial charge in [0.05, 0.1) is 0 Å². The van der Waals surface area contributed by atoms with Crippen molar-refractivity contribution in [2.45, 2.75) is 36.5 Å². The first-order chi connectivity index (χ1) is 11.2. The molecule has 2 aliphatic heterocycles. The summed E-state index contributed by atoms with van der Waals surface area (Å²) in [7, 11) is 2.18. The van der Waals surface area contributed by atoms with Crippen molar-refractivity contribution >= 4 is 6.47 Å². The van der Waals surface area contributed by atoms with Crippen LogP contribution in [-0.4, -0.2) is 48.3 Å². The molecule has 1 N–H and O–H groups in total. The summed E-state index contributed by atoms with van der Waals surface area (Å²) in [5.41, 5.74) is 2.22. The SMILES string of the molecule is CN1CCC23c4c5ccc(O)c4OC2C(OC=O)C=CC3C1C5. The normalized spacial score (nSPS) is 39.5. The van der Waals surface area contributed by atoms with Gasteiger partial charge in [0.1, 0.15) is 6.10 Å². The Morgan fingerprint density at radius 3 is 3.13 bits per heavy atom. The number of piperidine rings is 1. The number of aromatic hydroxyl groups is 1. The molecule has 0 saturated carbocycles. The van der Waals surface area contributed by atoms with E-state index in [0.29, 0.717) is 24.2 Å². The quantitative estimate of drug-likeness (QED) is 0.660. The molecule has 1 spiro atoms. The van der Waals surface area contributed by atoms with E-state index in [4.69, 9.17) is 9.47 Å². The first-order valence-electron chi connectivity index (χ1n) is 8.16. The Labute approximate surface area is 134 Å². The summed E-state index contributed by atoms with van der Waals surface area (Å²) in [6, 6.07) is 4.17. The Kier molecular flexibility index (Phi) is 2.51. The lowest BCUT2D eigenvalue weighted by Crippen LogP contribution is -2.65. The Hall–Kier alpha value is -2.01. The highest BCUT2D eigenvalue weighted by molar-refractivity contribution is 5.62. The maximum Gasteiger partial charge on any atom is 0.293 e. The van der Waals surface area contributed by atoms with Gasteiger partial charge in [-0.25, -0.2) is 0 Å². The summed E-state index contributed by atoms with van der Waals surface area (Å²) in [4.78, 5) is 13.3. The first-order valence-corrected chi connectivity index (χ1v) is 8.16. The highest BCUT2D eigenvalue weighted by Crippen LogP contribution is 2.62. The van der Waals surface area contributed by atoms with Gasteiger partial charge in [0.2, 0.25) is 0 Å². The van der Waals surface area contributed by atoms with Gasteiger partial charge >= 0.3 is 0 Å². The number of nitrogens with zero attached hydrogens (tertiary/aromatic N) is 1.